The number of aryl methyl sites for hydroxylation is 2. The number of benzene rings is 1. The predicted molar refractivity (Wildman–Crippen MR) is 153 cm³/mol. The third-order valence-electron chi connectivity index (χ3n) is 7.00. The highest BCUT2D eigenvalue weighted by atomic mass is 32.2. The summed E-state index contributed by atoms with van der Waals surface area (Å²) in [4.78, 5) is 14.9. The van der Waals surface area contributed by atoms with Gasteiger partial charge in [-0.25, -0.2) is 16.8 Å². The maximum atomic E-state index is 13.4. The molecule has 1 aliphatic heterocycles. The van der Waals surface area contributed by atoms with Crippen molar-refractivity contribution in [1.82, 2.24) is 14.4 Å². The second-order valence-corrected chi connectivity index (χ2v) is 15.0. The number of sulfonamides is 2. The van der Waals surface area contributed by atoms with Crippen LogP contribution in [0.2, 0.25) is 0 Å². The molecule has 4 rings (SSSR count). The van der Waals surface area contributed by atoms with E-state index in [2.05, 4.69) is 9.88 Å². The summed E-state index contributed by atoms with van der Waals surface area (Å²) in [6.45, 7) is 6.56. The van der Waals surface area contributed by atoms with E-state index in [4.69, 9.17) is 9.26 Å². The van der Waals surface area contributed by atoms with Crippen LogP contribution in [0.3, 0.4) is 0 Å². The van der Waals surface area contributed by atoms with Crippen molar-refractivity contribution in [3.05, 3.63) is 52.7 Å². The predicted octanol–water partition coefficient (Wildman–Crippen LogP) is 2.62. The van der Waals surface area contributed by atoms with E-state index < -0.39 is 32.2 Å². The Morgan fingerprint density at radius 3 is 2.59 bits per heavy atom. The molecule has 0 aliphatic carbocycles. The summed E-state index contributed by atoms with van der Waals surface area (Å²) in [5, 5.41) is 15.2. The minimum Gasteiger partial charge on any atom is -0.488 e. The molecule has 1 aliphatic rings. The van der Waals surface area contributed by atoms with Gasteiger partial charge in [0.1, 0.15) is 21.8 Å². The monoisotopic (exact) mass is 626 g/mol. The zero-order valence-electron chi connectivity index (χ0n) is 23.4. The minimum atomic E-state index is -4.04. The topological polar surface area (TPSA) is 159 Å². The Balaban J connectivity index is 1.70. The van der Waals surface area contributed by atoms with Gasteiger partial charge in [0.15, 0.2) is 10.7 Å². The molecule has 12 nitrogen and oxygen atoms in total. The van der Waals surface area contributed by atoms with E-state index in [1.807, 2.05) is 6.92 Å². The molecule has 1 aromatic carbocycles. The lowest BCUT2D eigenvalue weighted by molar-refractivity contribution is -0.134. The third-order valence-corrected chi connectivity index (χ3v) is 11.8. The molecular formula is C26H34N4O8S3. The van der Waals surface area contributed by atoms with Gasteiger partial charge in [-0.2, -0.15) is 4.31 Å². The number of aromatic nitrogens is 1. The Hall–Kier alpha value is -2.98. The number of likely N-dealkylation sites (N-methyl/N-ethyl adjacent to an activating group) is 1. The van der Waals surface area contributed by atoms with Crippen molar-refractivity contribution in [2.24, 2.45) is 5.92 Å². The highest BCUT2D eigenvalue weighted by Crippen LogP contribution is 2.31. The zero-order valence-corrected chi connectivity index (χ0v) is 25.8. The number of nitrogens with one attached hydrogen (secondary N) is 1. The molecule has 0 saturated heterocycles. The van der Waals surface area contributed by atoms with Gasteiger partial charge < -0.3 is 19.3 Å². The number of aliphatic hydroxyl groups is 1. The van der Waals surface area contributed by atoms with E-state index in [1.54, 1.807) is 29.3 Å². The number of thiophene rings is 1. The number of anilines is 1. The van der Waals surface area contributed by atoms with Crippen LogP contribution in [0.25, 0.3) is 0 Å². The molecule has 2 aromatic heterocycles. The molecular weight excluding hydrogens is 593 g/mol. The number of amides is 1. The van der Waals surface area contributed by atoms with Gasteiger partial charge in [0.25, 0.3) is 20.0 Å². The van der Waals surface area contributed by atoms with Crippen LogP contribution in [0.5, 0.6) is 5.75 Å². The number of hydrogen-bond donors (Lipinski definition) is 2. The highest BCUT2D eigenvalue weighted by molar-refractivity contribution is 7.92. The van der Waals surface area contributed by atoms with Gasteiger partial charge >= 0.3 is 0 Å². The van der Waals surface area contributed by atoms with E-state index in [9.17, 15) is 26.7 Å². The fraction of sp³-hybridized carbons (Fsp3) is 0.462. The van der Waals surface area contributed by atoms with Crippen molar-refractivity contribution < 1.29 is 36.0 Å². The van der Waals surface area contributed by atoms with Crippen LogP contribution in [0.1, 0.15) is 30.9 Å². The largest absolute Gasteiger partial charge is 0.488 e. The SMILES string of the molecule is Cc1noc(C)c1S(=O)(=O)Nc1ccc2c(c1)CC(=O)N([C@@H](C)CO)C[C@@H](C)[C@@H](CN(C)S(=O)(=O)c1cccs1)O2. The van der Waals surface area contributed by atoms with Crippen LogP contribution < -0.4 is 9.46 Å². The molecule has 0 saturated carbocycles. The number of nitrogens with zero attached hydrogens (tertiary/aromatic N) is 3. The summed E-state index contributed by atoms with van der Waals surface area (Å²) in [6.07, 6.45) is -0.791. The van der Waals surface area contributed by atoms with Gasteiger partial charge in [0.2, 0.25) is 5.91 Å². The number of carbonyl (C=O) groups is 1. The Kier molecular flexibility index (Phi) is 9.13. The summed E-state index contributed by atoms with van der Waals surface area (Å²) in [7, 11) is -6.33. The van der Waals surface area contributed by atoms with E-state index in [0.717, 1.165) is 11.3 Å². The number of aliphatic hydroxyl groups excluding tert-OH is 1. The molecule has 0 spiro atoms. The molecule has 224 valence electrons. The summed E-state index contributed by atoms with van der Waals surface area (Å²) < 4.78 is 67.8. The Morgan fingerprint density at radius 1 is 1.24 bits per heavy atom. The summed E-state index contributed by atoms with van der Waals surface area (Å²) in [5.41, 5.74) is 0.818. The summed E-state index contributed by atoms with van der Waals surface area (Å²) in [6, 6.07) is 7.29. The lowest BCUT2D eigenvalue weighted by Crippen LogP contribution is -2.48. The quantitative estimate of drug-likeness (QED) is 0.364. The van der Waals surface area contributed by atoms with E-state index in [-0.39, 0.29) is 64.2 Å². The lowest BCUT2D eigenvalue weighted by Gasteiger charge is -2.33. The number of carbonyl (C=O) groups excluding carboxylic acids is 1. The fourth-order valence-electron chi connectivity index (χ4n) is 4.69. The Labute approximate surface area is 244 Å². The maximum Gasteiger partial charge on any atom is 0.267 e. The van der Waals surface area contributed by atoms with Crippen LogP contribution in [0.15, 0.2) is 49.3 Å². The second kappa shape index (κ2) is 12.1. The smallest absolute Gasteiger partial charge is 0.267 e. The van der Waals surface area contributed by atoms with Crippen LogP contribution in [-0.4, -0.2) is 81.1 Å². The standard InChI is InChI=1S/C26H34N4O8S3/c1-16-13-30(17(2)15-31)24(32)12-20-11-21(28-40(33,34)26-18(3)27-38-19(26)4)8-9-22(20)37-23(16)14-29(5)41(35,36)25-7-6-10-39-25/h6-11,16-17,23,28,31H,12-15H2,1-5H3/t16-,17+,23-/m1/s1. The molecule has 0 fully saturated rings. The molecule has 1 amide bonds. The normalized spacial score (nSPS) is 19.2. The fourth-order valence-corrected chi connectivity index (χ4v) is 8.46. The molecule has 3 aromatic rings. The van der Waals surface area contributed by atoms with E-state index >= 15 is 0 Å². The van der Waals surface area contributed by atoms with Gasteiger partial charge in [-0.15, -0.1) is 11.3 Å². The van der Waals surface area contributed by atoms with E-state index in [0.29, 0.717) is 11.3 Å². The van der Waals surface area contributed by atoms with Gasteiger partial charge in [0.05, 0.1) is 25.6 Å². The molecule has 15 heteroatoms. The highest BCUT2D eigenvalue weighted by Gasteiger charge is 2.34. The lowest BCUT2D eigenvalue weighted by atomic mass is 10.0. The number of rotatable bonds is 9. The first-order valence-corrected chi connectivity index (χ1v) is 16.7. The van der Waals surface area contributed by atoms with Crippen LogP contribution in [0.4, 0.5) is 5.69 Å². The first-order chi connectivity index (χ1) is 19.2. The molecule has 3 atom stereocenters. The van der Waals surface area contributed by atoms with Crippen LogP contribution >= 0.6 is 11.3 Å². The van der Waals surface area contributed by atoms with Crippen LogP contribution in [-0.2, 0) is 31.3 Å². The molecule has 0 unspecified atom stereocenters. The number of hydrogen-bond acceptors (Lipinski definition) is 10. The van der Waals surface area contributed by atoms with Crippen LogP contribution in [0, 0.1) is 19.8 Å². The maximum absolute atomic E-state index is 13.4. The molecule has 2 N–H and O–H groups in total. The molecule has 0 bridgehead atoms. The molecule has 0 radical (unpaired) electrons. The Bertz CT molecular complexity index is 1580. The second-order valence-electron chi connectivity index (χ2n) is 10.2. The average Bonchev–Trinajstić information content (AvgIpc) is 3.57. The minimum absolute atomic E-state index is 0.00317. The number of ether oxygens (including phenoxy) is 1. The Morgan fingerprint density at radius 2 is 1.98 bits per heavy atom. The van der Waals surface area contributed by atoms with Crippen molar-refractivity contribution >= 4 is 43.0 Å². The van der Waals surface area contributed by atoms with Gasteiger partial charge in [-0.3, -0.25) is 9.52 Å². The average molecular weight is 627 g/mol. The van der Waals surface area contributed by atoms with Crippen molar-refractivity contribution in [2.45, 2.75) is 55.4 Å². The zero-order chi connectivity index (χ0) is 30.1. The van der Waals surface area contributed by atoms with Gasteiger partial charge in [-0.05, 0) is 50.4 Å². The third kappa shape index (κ3) is 6.59. The van der Waals surface area contributed by atoms with Gasteiger partial charge in [0, 0.05) is 30.8 Å². The van der Waals surface area contributed by atoms with Gasteiger partial charge in [-0.1, -0.05) is 18.1 Å². The summed E-state index contributed by atoms with van der Waals surface area (Å²) in [5.74, 6) is -0.133. The first kappa shape index (κ1) is 31.0. The van der Waals surface area contributed by atoms with E-state index in [1.165, 1.54) is 43.4 Å². The number of fused-ring (bicyclic) bond motifs is 1. The molecule has 41 heavy (non-hydrogen) atoms. The van der Waals surface area contributed by atoms with Crippen molar-refractivity contribution in [1.29, 1.82) is 0 Å². The molecule has 3 heterocycles. The van der Waals surface area contributed by atoms with Crippen molar-refractivity contribution in [3.8, 4) is 5.75 Å². The summed E-state index contributed by atoms with van der Waals surface area (Å²) >= 11 is 1.12. The van der Waals surface area contributed by atoms with Crippen molar-refractivity contribution in [3.63, 3.8) is 0 Å². The van der Waals surface area contributed by atoms with Crippen molar-refractivity contribution in [2.75, 3.05) is 31.5 Å². The first-order valence-electron chi connectivity index (χ1n) is 12.9.